The second-order valence-corrected chi connectivity index (χ2v) is 3.83. The first-order valence-corrected chi connectivity index (χ1v) is 5.42. The summed E-state index contributed by atoms with van der Waals surface area (Å²) in [5, 5.41) is 3.61. The molecule has 0 aliphatic rings. The van der Waals surface area contributed by atoms with Crippen LogP contribution < -0.4 is 5.73 Å². The molecule has 0 saturated heterocycles. The third-order valence-corrected chi connectivity index (χ3v) is 2.29. The van der Waals surface area contributed by atoms with Crippen LogP contribution in [0.2, 0.25) is 0 Å². The molecule has 0 bridgehead atoms. The van der Waals surface area contributed by atoms with Gasteiger partial charge in [0.25, 0.3) is 0 Å². The van der Waals surface area contributed by atoms with Crippen molar-refractivity contribution in [3.05, 3.63) is 46.6 Å². The molecule has 90 valence electrons. The van der Waals surface area contributed by atoms with Gasteiger partial charge in [0.05, 0.1) is 13.2 Å². The van der Waals surface area contributed by atoms with Crippen molar-refractivity contribution in [1.29, 1.82) is 0 Å². The summed E-state index contributed by atoms with van der Waals surface area (Å²) < 4.78 is 5.31. The van der Waals surface area contributed by atoms with E-state index in [0.29, 0.717) is 0 Å². The van der Waals surface area contributed by atoms with Gasteiger partial charge < -0.3 is 15.3 Å². The molecule has 0 radical (unpaired) electrons. The highest BCUT2D eigenvalue weighted by atomic mass is 79.9. The number of esters is 1. The Hall–Kier alpha value is -1.82. The minimum absolute atomic E-state index is 0.215. The fourth-order valence-electron chi connectivity index (χ4n) is 0.915. The second kappa shape index (κ2) is 6.70. The Morgan fingerprint density at radius 2 is 2.06 bits per heavy atom. The lowest BCUT2D eigenvalue weighted by atomic mass is 10.2. The number of ether oxygens (including phenoxy) is 1. The van der Waals surface area contributed by atoms with E-state index in [1.54, 1.807) is 12.1 Å². The molecule has 1 rings (SSSR count). The van der Waals surface area contributed by atoms with Gasteiger partial charge in [-0.2, -0.15) is 0 Å². The molecular formula is C11H11BrN2O3. The Morgan fingerprint density at radius 1 is 1.41 bits per heavy atom. The summed E-state index contributed by atoms with van der Waals surface area (Å²) in [5.41, 5.74) is 6.38. The molecule has 0 spiro atoms. The third-order valence-electron chi connectivity index (χ3n) is 1.76. The van der Waals surface area contributed by atoms with Crippen LogP contribution in [0.5, 0.6) is 0 Å². The van der Waals surface area contributed by atoms with E-state index in [2.05, 4.69) is 25.8 Å². The monoisotopic (exact) mass is 298 g/mol. The van der Waals surface area contributed by atoms with Crippen LogP contribution in [0.15, 0.2) is 46.2 Å². The van der Waals surface area contributed by atoms with Gasteiger partial charge in [-0.05, 0) is 12.1 Å². The van der Waals surface area contributed by atoms with Gasteiger partial charge in [0.2, 0.25) is 0 Å². The normalized spacial score (nSPS) is 11.5. The summed E-state index contributed by atoms with van der Waals surface area (Å²) in [4.78, 5) is 15.4. The fourth-order valence-corrected chi connectivity index (χ4v) is 1.18. The molecule has 1 aromatic rings. The van der Waals surface area contributed by atoms with E-state index in [0.717, 1.165) is 22.4 Å². The van der Waals surface area contributed by atoms with Gasteiger partial charge in [0, 0.05) is 10.0 Å². The van der Waals surface area contributed by atoms with Crippen LogP contribution in [-0.4, -0.2) is 18.9 Å². The molecule has 6 heteroatoms. The van der Waals surface area contributed by atoms with Gasteiger partial charge in [0.15, 0.2) is 5.84 Å². The molecule has 0 atom stereocenters. The number of nitrogens with two attached hydrogens (primary N) is 1. The van der Waals surface area contributed by atoms with E-state index < -0.39 is 5.97 Å². The van der Waals surface area contributed by atoms with Gasteiger partial charge in [-0.1, -0.05) is 33.2 Å². The maximum absolute atomic E-state index is 10.7. The maximum Gasteiger partial charge on any atom is 0.333 e. The van der Waals surface area contributed by atoms with Crippen molar-refractivity contribution in [2.24, 2.45) is 10.9 Å². The summed E-state index contributed by atoms with van der Waals surface area (Å²) in [6, 6.07) is 7.25. The number of benzene rings is 1. The van der Waals surface area contributed by atoms with Crippen LogP contribution in [0.25, 0.3) is 0 Å². The number of rotatable bonds is 4. The van der Waals surface area contributed by atoms with E-state index in [-0.39, 0.29) is 5.84 Å². The van der Waals surface area contributed by atoms with Crippen molar-refractivity contribution in [3.63, 3.8) is 0 Å². The number of nitrogens with zero attached hydrogens (tertiary/aromatic N) is 1. The lowest BCUT2D eigenvalue weighted by Gasteiger charge is -1.99. The molecule has 2 N–H and O–H groups in total. The number of carbonyl (C=O) groups excluding carboxylic acids is 1. The van der Waals surface area contributed by atoms with Crippen molar-refractivity contribution in [2.45, 2.75) is 0 Å². The first-order valence-electron chi connectivity index (χ1n) is 4.63. The SMILES string of the molecule is COC(=O)C=CO/N=C(\N)c1ccc(Br)cc1. The smallest absolute Gasteiger partial charge is 0.333 e. The molecular weight excluding hydrogens is 288 g/mol. The molecule has 0 aliphatic heterocycles. The lowest BCUT2D eigenvalue weighted by molar-refractivity contribution is -0.134. The number of carbonyl (C=O) groups is 1. The van der Waals surface area contributed by atoms with Crippen molar-refractivity contribution < 1.29 is 14.4 Å². The van der Waals surface area contributed by atoms with Crippen LogP contribution in [0.1, 0.15) is 5.56 Å². The van der Waals surface area contributed by atoms with E-state index in [1.165, 1.54) is 7.11 Å². The number of methoxy groups -OCH3 is 1. The number of halogens is 1. The van der Waals surface area contributed by atoms with Gasteiger partial charge in [0.1, 0.15) is 6.26 Å². The highest BCUT2D eigenvalue weighted by Gasteiger charge is 1.98. The van der Waals surface area contributed by atoms with Crippen molar-refractivity contribution >= 4 is 27.7 Å². The number of oxime groups is 1. The van der Waals surface area contributed by atoms with Gasteiger partial charge in [-0.3, -0.25) is 0 Å². The average Bonchev–Trinajstić information content (AvgIpc) is 2.34. The number of amidine groups is 1. The lowest BCUT2D eigenvalue weighted by Crippen LogP contribution is -2.13. The number of hydrogen-bond acceptors (Lipinski definition) is 4. The van der Waals surface area contributed by atoms with Crippen LogP contribution in [0.4, 0.5) is 0 Å². The zero-order valence-electron chi connectivity index (χ0n) is 9.09. The van der Waals surface area contributed by atoms with Gasteiger partial charge in [-0.25, -0.2) is 4.79 Å². The first kappa shape index (κ1) is 13.2. The minimum atomic E-state index is -0.526. The van der Waals surface area contributed by atoms with Crippen LogP contribution in [0, 0.1) is 0 Å². The van der Waals surface area contributed by atoms with Gasteiger partial charge >= 0.3 is 5.97 Å². The summed E-state index contributed by atoms with van der Waals surface area (Å²) >= 11 is 3.31. The topological polar surface area (TPSA) is 73.9 Å². The highest BCUT2D eigenvalue weighted by molar-refractivity contribution is 9.10. The summed E-state index contributed by atoms with van der Waals surface area (Å²) in [6.45, 7) is 0. The molecule has 0 unspecified atom stereocenters. The van der Waals surface area contributed by atoms with Crippen molar-refractivity contribution in [2.75, 3.05) is 7.11 Å². The average molecular weight is 299 g/mol. The fraction of sp³-hybridized carbons (Fsp3) is 0.0909. The molecule has 1 aromatic carbocycles. The predicted molar refractivity (Wildman–Crippen MR) is 67.1 cm³/mol. The van der Waals surface area contributed by atoms with Crippen molar-refractivity contribution in [3.8, 4) is 0 Å². The Balaban J connectivity index is 2.58. The third kappa shape index (κ3) is 4.69. The largest absolute Gasteiger partial charge is 0.466 e. The molecule has 5 nitrogen and oxygen atoms in total. The standard InChI is InChI=1S/C11H11BrN2O3/c1-16-10(15)6-7-17-14-11(13)8-2-4-9(12)5-3-8/h2-7H,1H3,(H2,13,14). The van der Waals surface area contributed by atoms with Gasteiger partial charge in [-0.15, -0.1) is 0 Å². The van der Waals surface area contributed by atoms with Crippen LogP contribution in [0.3, 0.4) is 0 Å². The molecule has 0 aliphatic carbocycles. The van der Waals surface area contributed by atoms with E-state index in [4.69, 9.17) is 10.6 Å². The Morgan fingerprint density at radius 3 is 2.65 bits per heavy atom. The molecule has 0 aromatic heterocycles. The van der Waals surface area contributed by atoms with E-state index >= 15 is 0 Å². The van der Waals surface area contributed by atoms with Crippen LogP contribution >= 0.6 is 15.9 Å². The Kier molecular flexibility index (Phi) is 5.22. The zero-order chi connectivity index (χ0) is 12.7. The maximum atomic E-state index is 10.7. The molecule has 0 amide bonds. The minimum Gasteiger partial charge on any atom is -0.466 e. The summed E-state index contributed by atoms with van der Waals surface area (Å²) in [7, 11) is 1.27. The summed E-state index contributed by atoms with van der Waals surface area (Å²) in [6.07, 6.45) is 2.19. The Bertz CT molecular complexity index is 441. The van der Waals surface area contributed by atoms with Crippen molar-refractivity contribution in [1.82, 2.24) is 0 Å². The predicted octanol–water partition coefficient (Wildman–Crippen LogP) is 1.77. The Labute approximate surface area is 107 Å². The molecule has 0 heterocycles. The molecule has 0 saturated carbocycles. The van der Waals surface area contributed by atoms with E-state index in [1.807, 2.05) is 12.1 Å². The van der Waals surface area contributed by atoms with Crippen LogP contribution in [-0.2, 0) is 14.4 Å². The number of hydrogen-bond donors (Lipinski definition) is 1. The zero-order valence-corrected chi connectivity index (χ0v) is 10.7. The first-order chi connectivity index (χ1) is 8.13. The summed E-state index contributed by atoms with van der Waals surface area (Å²) in [5.74, 6) is -0.311. The quantitative estimate of drug-likeness (QED) is 0.230. The highest BCUT2D eigenvalue weighted by Crippen LogP contribution is 2.10. The van der Waals surface area contributed by atoms with E-state index in [9.17, 15) is 4.79 Å². The second-order valence-electron chi connectivity index (χ2n) is 2.91. The molecule has 17 heavy (non-hydrogen) atoms. The molecule has 0 fully saturated rings.